The van der Waals surface area contributed by atoms with Crippen LogP contribution in [0.5, 0.6) is 0 Å². The largest absolute Gasteiger partial charge is 0.465 e. The second kappa shape index (κ2) is 3.76. The van der Waals surface area contributed by atoms with Gasteiger partial charge in [0.15, 0.2) is 0 Å². The Morgan fingerprint density at radius 3 is 3.20 bits per heavy atom. The summed E-state index contributed by atoms with van der Waals surface area (Å²) in [7, 11) is 3.34. The van der Waals surface area contributed by atoms with Gasteiger partial charge in [-0.3, -0.25) is 0 Å². The predicted octanol–water partition coefficient (Wildman–Crippen LogP) is 0.730. The molecule has 2 heterocycles. The number of aromatic nitrogens is 1. The minimum absolute atomic E-state index is 0.357. The highest BCUT2D eigenvalue weighted by atomic mass is 16.5. The van der Waals surface area contributed by atoms with Crippen molar-refractivity contribution in [1.29, 1.82) is 0 Å². The fourth-order valence-electron chi connectivity index (χ4n) is 1.57. The van der Waals surface area contributed by atoms with Crippen molar-refractivity contribution in [2.24, 2.45) is 0 Å². The number of rotatable bonds is 1. The van der Waals surface area contributed by atoms with Crippen LogP contribution in [-0.2, 0) is 4.74 Å². The molecule has 1 aliphatic heterocycles. The van der Waals surface area contributed by atoms with Crippen molar-refractivity contribution in [1.82, 2.24) is 4.98 Å². The van der Waals surface area contributed by atoms with Crippen LogP contribution in [0, 0.1) is 0 Å². The highest BCUT2D eigenvalue weighted by molar-refractivity contribution is 5.91. The van der Waals surface area contributed by atoms with Crippen LogP contribution >= 0.6 is 0 Å². The van der Waals surface area contributed by atoms with E-state index in [0.29, 0.717) is 5.56 Å². The zero-order chi connectivity index (χ0) is 10.8. The van der Waals surface area contributed by atoms with Crippen LogP contribution in [-0.4, -0.2) is 38.2 Å². The topological polar surface area (TPSA) is 54.5 Å². The lowest BCUT2D eigenvalue weighted by molar-refractivity contribution is 0.0600. The molecule has 0 amide bonds. The highest BCUT2D eigenvalue weighted by Gasteiger charge is 2.17. The number of pyridine rings is 1. The van der Waals surface area contributed by atoms with Gasteiger partial charge in [0.25, 0.3) is 0 Å². The van der Waals surface area contributed by atoms with Crippen LogP contribution in [0.4, 0.5) is 11.5 Å². The van der Waals surface area contributed by atoms with E-state index in [4.69, 9.17) is 0 Å². The number of fused-ring (bicyclic) bond motifs is 1. The van der Waals surface area contributed by atoms with Gasteiger partial charge in [-0.05, 0) is 6.07 Å². The monoisotopic (exact) mass is 207 g/mol. The molecule has 5 heteroatoms. The Balaban J connectivity index is 2.39. The number of nitrogens with zero attached hydrogens (tertiary/aromatic N) is 2. The fraction of sp³-hybridized carbons (Fsp3) is 0.400. The van der Waals surface area contributed by atoms with Crippen LogP contribution in [0.15, 0.2) is 12.3 Å². The molecule has 0 fully saturated rings. The predicted molar refractivity (Wildman–Crippen MR) is 57.3 cm³/mol. The van der Waals surface area contributed by atoms with E-state index in [2.05, 4.69) is 19.9 Å². The lowest BCUT2D eigenvalue weighted by atomic mass is 10.2. The highest BCUT2D eigenvalue weighted by Crippen LogP contribution is 2.26. The molecule has 80 valence electrons. The molecule has 0 aromatic carbocycles. The van der Waals surface area contributed by atoms with Crippen LogP contribution in [0.25, 0.3) is 0 Å². The normalized spacial score (nSPS) is 14.1. The molecule has 1 aliphatic rings. The molecule has 1 aromatic rings. The van der Waals surface area contributed by atoms with E-state index in [-0.39, 0.29) is 5.97 Å². The number of anilines is 2. The smallest absolute Gasteiger partial charge is 0.339 e. The zero-order valence-electron chi connectivity index (χ0n) is 8.78. The maximum atomic E-state index is 11.3. The Kier molecular flexibility index (Phi) is 2.45. The summed E-state index contributed by atoms with van der Waals surface area (Å²) in [6.07, 6.45) is 1.52. The SMILES string of the molecule is COC(=O)c1cnc2c(c1)N(C)CCN2. The third kappa shape index (κ3) is 1.72. The third-order valence-electron chi connectivity index (χ3n) is 2.44. The zero-order valence-corrected chi connectivity index (χ0v) is 8.78. The summed E-state index contributed by atoms with van der Waals surface area (Å²) in [6, 6.07) is 1.79. The molecule has 0 bridgehead atoms. The Morgan fingerprint density at radius 1 is 1.67 bits per heavy atom. The van der Waals surface area contributed by atoms with Crippen molar-refractivity contribution < 1.29 is 9.53 Å². The first kappa shape index (κ1) is 9.76. The molecule has 0 atom stereocenters. The molecule has 5 nitrogen and oxygen atoms in total. The van der Waals surface area contributed by atoms with Crippen LogP contribution in [0.2, 0.25) is 0 Å². The molecule has 0 aliphatic carbocycles. The van der Waals surface area contributed by atoms with E-state index in [9.17, 15) is 4.79 Å². The molecule has 0 saturated carbocycles. The third-order valence-corrected chi connectivity index (χ3v) is 2.44. The lowest BCUT2D eigenvalue weighted by Gasteiger charge is -2.27. The summed E-state index contributed by atoms with van der Waals surface area (Å²) >= 11 is 0. The minimum Gasteiger partial charge on any atom is -0.465 e. The van der Waals surface area contributed by atoms with Crippen molar-refractivity contribution >= 4 is 17.5 Å². The number of nitrogens with one attached hydrogen (secondary N) is 1. The van der Waals surface area contributed by atoms with E-state index in [0.717, 1.165) is 24.6 Å². The maximum absolute atomic E-state index is 11.3. The fourth-order valence-corrected chi connectivity index (χ4v) is 1.57. The van der Waals surface area contributed by atoms with Crippen molar-refractivity contribution in [3.63, 3.8) is 0 Å². The van der Waals surface area contributed by atoms with Gasteiger partial charge in [-0.1, -0.05) is 0 Å². The van der Waals surface area contributed by atoms with Crippen molar-refractivity contribution in [3.05, 3.63) is 17.8 Å². The van der Waals surface area contributed by atoms with Gasteiger partial charge in [0.05, 0.1) is 18.4 Å². The summed E-state index contributed by atoms with van der Waals surface area (Å²) in [4.78, 5) is 17.6. The summed E-state index contributed by atoms with van der Waals surface area (Å²) in [5.41, 5.74) is 1.41. The molecular weight excluding hydrogens is 194 g/mol. The molecule has 1 N–H and O–H groups in total. The number of esters is 1. The summed E-state index contributed by atoms with van der Waals surface area (Å²) in [5, 5.41) is 3.17. The summed E-state index contributed by atoms with van der Waals surface area (Å²) < 4.78 is 4.64. The van der Waals surface area contributed by atoms with E-state index in [1.807, 2.05) is 7.05 Å². The number of carbonyl (C=O) groups excluding carboxylic acids is 1. The number of likely N-dealkylation sites (N-methyl/N-ethyl adjacent to an activating group) is 1. The number of hydrogen-bond donors (Lipinski definition) is 1. The summed E-state index contributed by atoms with van der Waals surface area (Å²) in [6.45, 7) is 1.77. The van der Waals surface area contributed by atoms with Crippen molar-refractivity contribution in [2.45, 2.75) is 0 Å². The Labute approximate surface area is 88.1 Å². The first-order valence-corrected chi connectivity index (χ1v) is 4.75. The average Bonchev–Trinajstić information content (AvgIpc) is 2.28. The Morgan fingerprint density at radius 2 is 2.47 bits per heavy atom. The molecule has 2 rings (SSSR count). The summed E-state index contributed by atoms with van der Waals surface area (Å²) in [5.74, 6) is 0.459. The first-order valence-electron chi connectivity index (χ1n) is 4.75. The molecular formula is C10H13N3O2. The van der Waals surface area contributed by atoms with Gasteiger partial charge >= 0.3 is 5.97 Å². The van der Waals surface area contributed by atoms with Crippen molar-refractivity contribution in [3.8, 4) is 0 Å². The Hall–Kier alpha value is -1.78. The van der Waals surface area contributed by atoms with E-state index in [1.165, 1.54) is 13.3 Å². The van der Waals surface area contributed by atoms with E-state index >= 15 is 0 Å². The average molecular weight is 207 g/mol. The second-order valence-electron chi connectivity index (χ2n) is 3.43. The van der Waals surface area contributed by atoms with Crippen molar-refractivity contribution in [2.75, 3.05) is 37.5 Å². The molecule has 0 saturated heterocycles. The van der Waals surface area contributed by atoms with Gasteiger partial charge < -0.3 is 15.0 Å². The minimum atomic E-state index is -0.357. The maximum Gasteiger partial charge on any atom is 0.339 e. The van der Waals surface area contributed by atoms with Gasteiger partial charge in [-0.15, -0.1) is 0 Å². The van der Waals surface area contributed by atoms with Gasteiger partial charge in [0.2, 0.25) is 0 Å². The quantitative estimate of drug-likeness (QED) is 0.688. The molecule has 0 radical (unpaired) electrons. The second-order valence-corrected chi connectivity index (χ2v) is 3.43. The number of methoxy groups -OCH3 is 1. The number of hydrogen-bond acceptors (Lipinski definition) is 5. The Bertz CT molecular complexity index is 392. The van der Waals surface area contributed by atoms with E-state index in [1.54, 1.807) is 6.07 Å². The van der Waals surface area contributed by atoms with Crippen LogP contribution in [0.3, 0.4) is 0 Å². The van der Waals surface area contributed by atoms with E-state index < -0.39 is 0 Å². The standard InChI is InChI=1S/C10H13N3O2/c1-13-4-3-11-9-8(13)5-7(6-12-9)10(14)15-2/h5-6H,3-4H2,1-2H3,(H,11,12). The van der Waals surface area contributed by atoms with Gasteiger partial charge in [0.1, 0.15) is 5.82 Å². The number of carbonyl (C=O) groups is 1. The molecule has 15 heavy (non-hydrogen) atoms. The molecule has 0 unspecified atom stereocenters. The van der Waals surface area contributed by atoms with Gasteiger partial charge in [-0.25, -0.2) is 9.78 Å². The molecule has 0 spiro atoms. The van der Waals surface area contributed by atoms with Crippen LogP contribution < -0.4 is 10.2 Å². The van der Waals surface area contributed by atoms with Gasteiger partial charge in [-0.2, -0.15) is 0 Å². The number of ether oxygens (including phenoxy) is 1. The first-order chi connectivity index (χ1) is 7.22. The van der Waals surface area contributed by atoms with Crippen LogP contribution in [0.1, 0.15) is 10.4 Å². The van der Waals surface area contributed by atoms with Gasteiger partial charge in [0, 0.05) is 26.3 Å². The molecule has 1 aromatic heterocycles. The lowest BCUT2D eigenvalue weighted by Crippen LogP contribution is -2.31.